The zero-order chi connectivity index (χ0) is 25.1. The lowest BCUT2D eigenvalue weighted by Crippen LogP contribution is -2.31. The fraction of sp³-hybridized carbons (Fsp3) is 0.296. The Morgan fingerprint density at radius 1 is 1.11 bits per heavy atom. The largest absolute Gasteiger partial charge is 0.497 e. The number of aromatic nitrogens is 2. The Bertz CT molecular complexity index is 1370. The summed E-state index contributed by atoms with van der Waals surface area (Å²) in [6.45, 7) is 4.80. The predicted octanol–water partition coefficient (Wildman–Crippen LogP) is 6.57. The highest BCUT2D eigenvalue weighted by molar-refractivity contribution is 8.00. The first-order valence-electron chi connectivity index (χ1n) is 11.6. The maximum absolute atomic E-state index is 12.8. The van der Waals surface area contributed by atoms with Crippen molar-refractivity contribution in [2.45, 2.75) is 48.4 Å². The normalized spacial score (nSPS) is 14.4. The summed E-state index contributed by atoms with van der Waals surface area (Å²) < 4.78 is 11.2. The van der Waals surface area contributed by atoms with Crippen LogP contribution >= 0.6 is 34.9 Å². The van der Waals surface area contributed by atoms with Gasteiger partial charge in [-0.25, -0.2) is 9.97 Å². The Hall–Kier alpha value is -2.59. The van der Waals surface area contributed by atoms with Crippen molar-refractivity contribution in [1.29, 1.82) is 0 Å². The average Bonchev–Trinajstić information content (AvgIpc) is 3.24. The molecule has 36 heavy (non-hydrogen) atoms. The molecule has 0 saturated heterocycles. The minimum absolute atomic E-state index is 0.0804. The van der Waals surface area contributed by atoms with Gasteiger partial charge in [-0.1, -0.05) is 53.9 Å². The lowest BCUT2D eigenvalue weighted by atomic mass is 9.95. The van der Waals surface area contributed by atoms with Gasteiger partial charge < -0.3 is 14.8 Å². The van der Waals surface area contributed by atoms with Crippen molar-refractivity contribution >= 4 is 56.7 Å². The number of nitrogens with zero attached hydrogens (tertiary/aromatic N) is 2. The monoisotopic (exact) mass is 537 g/mol. The smallest absolute Gasteiger partial charge is 0.234 e. The molecule has 1 aliphatic heterocycles. The summed E-state index contributed by atoms with van der Waals surface area (Å²) in [5.41, 5.74) is 2.97. The Kier molecular flexibility index (Phi) is 7.52. The van der Waals surface area contributed by atoms with Crippen LogP contribution in [0.3, 0.4) is 0 Å². The van der Waals surface area contributed by atoms with Gasteiger partial charge in [0.15, 0.2) is 5.16 Å². The number of methoxy groups -OCH3 is 1. The maximum atomic E-state index is 12.8. The van der Waals surface area contributed by atoms with Crippen LogP contribution in [0.4, 0.5) is 5.69 Å². The number of carbonyl (C=O) groups excluding carboxylic acids is 1. The molecule has 4 aromatic rings. The molecule has 0 fully saturated rings. The molecule has 0 aliphatic carbocycles. The molecule has 0 radical (unpaired) electrons. The first kappa shape index (κ1) is 25.1. The van der Waals surface area contributed by atoms with Gasteiger partial charge in [0, 0.05) is 28.1 Å². The van der Waals surface area contributed by atoms with E-state index in [4.69, 9.17) is 19.4 Å². The molecule has 0 bridgehead atoms. The van der Waals surface area contributed by atoms with E-state index in [1.807, 2.05) is 42.5 Å². The van der Waals surface area contributed by atoms with E-state index in [0.717, 1.165) is 44.0 Å². The van der Waals surface area contributed by atoms with E-state index in [-0.39, 0.29) is 17.3 Å². The van der Waals surface area contributed by atoms with E-state index in [1.54, 1.807) is 30.2 Å². The third kappa shape index (κ3) is 5.86. The highest BCUT2D eigenvalue weighted by Gasteiger charge is 2.31. The fourth-order valence-electron chi connectivity index (χ4n) is 3.99. The molecule has 1 N–H and O–H groups in total. The Balaban J connectivity index is 1.39. The van der Waals surface area contributed by atoms with Gasteiger partial charge in [-0.3, -0.25) is 4.79 Å². The van der Waals surface area contributed by atoms with Crippen molar-refractivity contribution in [1.82, 2.24) is 9.97 Å². The van der Waals surface area contributed by atoms with E-state index < -0.39 is 0 Å². The van der Waals surface area contributed by atoms with Gasteiger partial charge in [0.1, 0.15) is 15.6 Å². The van der Waals surface area contributed by atoms with Crippen LogP contribution in [0.15, 0.2) is 64.8 Å². The minimum Gasteiger partial charge on any atom is -0.497 e. The zero-order valence-electron chi connectivity index (χ0n) is 20.4. The molecule has 0 atom stereocenters. The summed E-state index contributed by atoms with van der Waals surface area (Å²) in [5.74, 6) is 1.71. The molecule has 186 valence electrons. The molecule has 0 unspecified atom stereocenters. The van der Waals surface area contributed by atoms with Crippen molar-refractivity contribution in [3.05, 3.63) is 70.6 Å². The molecule has 0 saturated carbocycles. The minimum atomic E-state index is -0.241. The second-order valence-electron chi connectivity index (χ2n) is 9.06. The van der Waals surface area contributed by atoms with E-state index in [9.17, 15) is 4.79 Å². The van der Waals surface area contributed by atoms with Crippen molar-refractivity contribution in [2.24, 2.45) is 0 Å². The molecule has 2 aromatic heterocycles. The van der Waals surface area contributed by atoms with Crippen molar-refractivity contribution in [2.75, 3.05) is 18.2 Å². The van der Waals surface area contributed by atoms with Gasteiger partial charge >= 0.3 is 0 Å². The summed E-state index contributed by atoms with van der Waals surface area (Å²) in [6.07, 6.45) is 0.799. The van der Waals surface area contributed by atoms with Crippen LogP contribution in [0.2, 0.25) is 0 Å². The van der Waals surface area contributed by atoms with E-state index in [2.05, 4.69) is 31.3 Å². The van der Waals surface area contributed by atoms with Crippen molar-refractivity contribution in [3.8, 4) is 5.75 Å². The predicted molar refractivity (Wildman–Crippen MR) is 148 cm³/mol. The summed E-state index contributed by atoms with van der Waals surface area (Å²) in [6, 6.07) is 17.6. The number of benzene rings is 2. The van der Waals surface area contributed by atoms with E-state index in [0.29, 0.717) is 6.61 Å². The van der Waals surface area contributed by atoms with Crippen LogP contribution in [-0.4, -0.2) is 34.3 Å². The average molecular weight is 538 g/mol. The highest BCUT2D eigenvalue weighted by atomic mass is 32.2. The van der Waals surface area contributed by atoms with Crippen LogP contribution in [0.5, 0.6) is 5.75 Å². The first-order valence-corrected chi connectivity index (χ1v) is 14.4. The van der Waals surface area contributed by atoms with Gasteiger partial charge in [0.05, 0.1) is 25.1 Å². The lowest BCUT2D eigenvalue weighted by molar-refractivity contribution is -0.113. The number of carbonyl (C=O) groups is 1. The maximum Gasteiger partial charge on any atom is 0.234 e. The number of ether oxygens (including phenoxy) is 2. The molecule has 3 heterocycles. The lowest BCUT2D eigenvalue weighted by Gasteiger charge is -2.30. The highest BCUT2D eigenvalue weighted by Crippen LogP contribution is 2.42. The molecular formula is C27H27N3O3S3. The Morgan fingerprint density at radius 2 is 1.89 bits per heavy atom. The van der Waals surface area contributed by atoms with E-state index >= 15 is 0 Å². The standard InChI is InChI=1S/C27H27N3O3S3/c1-27(2)13-20-21(14-33-27)36-25-23(20)24(29-26(30-25)35-15-17-7-5-4-6-8-17)34-16-22(31)28-18-9-11-19(32-3)12-10-18/h4-12H,13-16H2,1-3H3,(H,28,31). The molecule has 6 nitrogen and oxygen atoms in total. The summed E-state index contributed by atoms with van der Waals surface area (Å²) in [5, 5.41) is 5.61. The second kappa shape index (κ2) is 10.8. The van der Waals surface area contributed by atoms with Crippen LogP contribution in [0.25, 0.3) is 10.2 Å². The SMILES string of the molecule is COc1ccc(NC(=O)CSc2nc(SCc3ccccc3)nc3sc4c(c23)CC(C)(C)OC4)cc1. The van der Waals surface area contributed by atoms with Crippen molar-refractivity contribution < 1.29 is 14.3 Å². The number of anilines is 1. The second-order valence-corrected chi connectivity index (χ2v) is 12.1. The number of hydrogen-bond acceptors (Lipinski definition) is 8. The third-order valence-electron chi connectivity index (χ3n) is 5.80. The molecule has 9 heteroatoms. The van der Waals surface area contributed by atoms with Crippen LogP contribution in [0, 0.1) is 0 Å². The molecular weight excluding hydrogens is 511 g/mol. The Labute approximate surface area is 223 Å². The van der Waals surface area contributed by atoms with Gasteiger partial charge in [0.2, 0.25) is 5.91 Å². The van der Waals surface area contributed by atoms with Crippen molar-refractivity contribution in [3.63, 3.8) is 0 Å². The fourth-order valence-corrected chi connectivity index (χ4v) is 6.93. The molecule has 2 aromatic carbocycles. The number of hydrogen-bond donors (Lipinski definition) is 1. The number of thiophene rings is 1. The van der Waals surface area contributed by atoms with Gasteiger partial charge in [-0.15, -0.1) is 11.3 Å². The van der Waals surface area contributed by atoms with Crippen LogP contribution in [-0.2, 0) is 28.3 Å². The molecule has 1 aliphatic rings. The molecule has 1 amide bonds. The van der Waals surface area contributed by atoms with Gasteiger partial charge in [-0.2, -0.15) is 0 Å². The van der Waals surface area contributed by atoms with Crippen LogP contribution in [0.1, 0.15) is 29.9 Å². The quantitative estimate of drug-likeness (QED) is 0.155. The number of amides is 1. The summed E-state index contributed by atoms with van der Waals surface area (Å²) in [7, 11) is 1.62. The number of rotatable bonds is 8. The number of nitrogens with one attached hydrogen (secondary N) is 1. The molecule has 5 rings (SSSR count). The topological polar surface area (TPSA) is 73.3 Å². The first-order chi connectivity index (χ1) is 17.4. The van der Waals surface area contributed by atoms with Gasteiger partial charge in [-0.05, 0) is 49.2 Å². The zero-order valence-corrected chi connectivity index (χ0v) is 22.8. The van der Waals surface area contributed by atoms with Crippen LogP contribution < -0.4 is 10.1 Å². The third-order valence-corrected chi connectivity index (χ3v) is 8.79. The summed E-state index contributed by atoms with van der Waals surface area (Å²) in [4.78, 5) is 24.8. The number of fused-ring (bicyclic) bond motifs is 3. The Morgan fingerprint density at radius 3 is 2.64 bits per heavy atom. The molecule has 0 spiro atoms. The van der Waals surface area contributed by atoms with E-state index in [1.165, 1.54) is 27.8 Å². The summed E-state index contributed by atoms with van der Waals surface area (Å²) >= 11 is 4.75. The van der Waals surface area contributed by atoms with Gasteiger partial charge in [0.25, 0.3) is 0 Å². The number of thioether (sulfide) groups is 2.